The summed E-state index contributed by atoms with van der Waals surface area (Å²) in [5.74, 6) is 1.32. The molecular formula is C22H29FN2O5. The smallest absolute Gasteiger partial charge is 0.234 e. The highest BCUT2D eigenvalue weighted by molar-refractivity contribution is 5.78. The minimum Gasteiger partial charge on any atom is -0.496 e. The highest BCUT2D eigenvalue weighted by atomic mass is 19.1. The zero-order chi connectivity index (χ0) is 22.1. The summed E-state index contributed by atoms with van der Waals surface area (Å²) in [6.07, 6.45) is 0. The van der Waals surface area contributed by atoms with Crippen molar-refractivity contribution in [1.82, 2.24) is 10.2 Å². The molecule has 0 aliphatic carbocycles. The van der Waals surface area contributed by atoms with E-state index < -0.39 is 5.82 Å². The lowest BCUT2D eigenvalue weighted by Gasteiger charge is -2.20. The summed E-state index contributed by atoms with van der Waals surface area (Å²) in [5.41, 5.74) is 1.54. The average Bonchev–Trinajstić information content (AvgIpc) is 2.76. The highest BCUT2D eigenvalue weighted by Crippen LogP contribution is 2.34. The van der Waals surface area contributed by atoms with Crippen molar-refractivity contribution in [3.05, 3.63) is 47.3 Å². The third-order valence-electron chi connectivity index (χ3n) is 4.70. The van der Waals surface area contributed by atoms with E-state index in [2.05, 4.69) is 5.32 Å². The zero-order valence-corrected chi connectivity index (χ0v) is 18.1. The van der Waals surface area contributed by atoms with Crippen LogP contribution in [0.4, 0.5) is 4.39 Å². The van der Waals surface area contributed by atoms with Crippen molar-refractivity contribution in [2.45, 2.75) is 20.0 Å². The van der Waals surface area contributed by atoms with Gasteiger partial charge in [-0.3, -0.25) is 9.69 Å². The molecule has 1 amide bonds. The molecule has 0 aromatic heterocycles. The van der Waals surface area contributed by atoms with E-state index in [4.69, 9.17) is 18.9 Å². The number of nitrogens with one attached hydrogen (secondary N) is 1. The van der Waals surface area contributed by atoms with Crippen LogP contribution in [0.5, 0.6) is 23.0 Å². The SMILES string of the molecule is CCN(CC(=O)NCc1cc(OC)c(OC)cc1OC)Cc1ccc(OC)c(F)c1. The van der Waals surface area contributed by atoms with Crippen molar-refractivity contribution >= 4 is 5.91 Å². The van der Waals surface area contributed by atoms with Gasteiger partial charge in [0.2, 0.25) is 5.91 Å². The quantitative estimate of drug-likeness (QED) is 0.603. The van der Waals surface area contributed by atoms with E-state index >= 15 is 0 Å². The molecule has 2 rings (SSSR count). The minimum absolute atomic E-state index is 0.150. The van der Waals surface area contributed by atoms with Gasteiger partial charge in [0, 0.05) is 24.7 Å². The number of halogens is 1. The van der Waals surface area contributed by atoms with Crippen molar-refractivity contribution in [3.63, 3.8) is 0 Å². The predicted molar refractivity (Wildman–Crippen MR) is 112 cm³/mol. The number of nitrogens with zero attached hydrogens (tertiary/aromatic N) is 1. The number of likely N-dealkylation sites (N-methyl/N-ethyl adjacent to an activating group) is 1. The van der Waals surface area contributed by atoms with Crippen LogP contribution >= 0.6 is 0 Å². The number of carbonyl (C=O) groups excluding carboxylic acids is 1. The molecule has 0 saturated carbocycles. The normalized spacial score (nSPS) is 10.6. The van der Waals surface area contributed by atoms with Gasteiger partial charge >= 0.3 is 0 Å². The topological polar surface area (TPSA) is 69.3 Å². The molecule has 0 unspecified atom stereocenters. The summed E-state index contributed by atoms with van der Waals surface area (Å²) in [6.45, 7) is 3.49. The van der Waals surface area contributed by atoms with Crippen LogP contribution < -0.4 is 24.3 Å². The Balaban J connectivity index is 1.99. The number of hydrogen-bond donors (Lipinski definition) is 1. The molecule has 164 valence electrons. The molecule has 7 nitrogen and oxygen atoms in total. The van der Waals surface area contributed by atoms with Gasteiger partial charge in [0.1, 0.15) is 5.75 Å². The van der Waals surface area contributed by atoms with Crippen molar-refractivity contribution in [1.29, 1.82) is 0 Å². The van der Waals surface area contributed by atoms with Gasteiger partial charge in [0.05, 0.1) is 35.0 Å². The third kappa shape index (κ3) is 6.00. The van der Waals surface area contributed by atoms with Crippen molar-refractivity contribution in [3.8, 4) is 23.0 Å². The minimum atomic E-state index is -0.420. The lowest BCUT2D eigenvalue weighted by Crippen LogP contribution is -2.36. The van der Waals surface area contributed by atoms with Crippen LogP contribution in [0.25, 0.3) is 0 Å². The third-order valence-corrected chi connectivity index (χ3v) is 4.70. The second-order valence-corrected chi connectivity index (χ2v) is 6.57. The maximum atomic E-state index is 13.9. The molecule has 0 aliphatic heterocycles. The number of ether oxygens (including phenoxy) is 4. The number of rotatable bonds is 11. The summed E-state index contributed by atoms with van der Waals surface area (Å²) in [4.78, 5) is 14.4. The van der Waals surface area contributed by atoms with Gasteiger partial charge in [-0.25, -0.2) is 4.39 Å². The van der Waals surface area contributed by atoms with Gasteiger partial charge in [0.15, 0.2) is 23.1 Å². The van der Waals surface area contributed by atoms with Crippen molar-refractivity contribution in [2.75, 3.05) is 41.5 Å². The fourth-order valence-electron chi connectivity index (χ4n) is 3.03. The highest BCUT2D eigenvalue weighted by Gasteiger charge is 2.15. The first-order chi connectivity index (χ1) is 14.4. The van der Waals surface area contributed by atoms with Gasteiger partial charge in [0.25, 0.3) is 0 Å². The Morgan fingerprint density at radius 2 is 1.57 bits per heavy atom. The fraction of sp³-hybridized carbons (Fsp3) is 0.409. The summed E-state index contributed by atoms with van der Waals surface area (Å²) in [6, 6.07) is 8.29. The molecule has 0 atom stereocenters. The maximum Gasteiger partial charge on any atom is 0.234 e. The second-order valence-electron chi connectivity index (χ2n) is 6.57. The average molecular weight is 420 g/mol. The molecule has 0 radical (unpaired) electrons. The monoisotopic (exact) mass is 420 g/mol. The summed E-state index contributed by atoms with van der Waals surface area (Å²) in [5, 5.41) is 2.89. The number of carbonyl (C=O) groups is 1. The Bertz CT molecular complexity index is 860. The number of hydrogen-bond acceptors (Lipinski definition) is 6. The van der Waals surface area contributed by atoms with E-state index in [-0.39, 0.29) is 24.7 Å². The predicted octanol–water partition coefficient (Wildman–Crippen LogP) is 3.00. The molecule has 0 bridgehead atoms. The van der Waals surface area contributed by atoms with E-state index in [9.17, 15) is 9.18 Å². The first-order valence-corrected chi connectivity index (χ1v) is 9.56. The van der Waals surface area contributed by atoms with Gasteiger partial charge in [-0.1, -0.05) is 13.0 Å². The Hall–Kier alpha value is -3.00. The van der Waals surface area contributed by atoms with Gasteiger partial charge < -0.3 is 24.3 Å². The van der Waals surface area contributed by atoms with Crippen LogP contribution in [0.15, 0.2) is 30.3 Å². The van der Waals surface area contributed by atoms with Crippen LogP contribution in [0.1, 0.15) is 18.1 Å². The standard InChI is InChI=1S/C22H29FN2O5/c1-6-25(13-15-7-8-18(27-2)17(23)9-15)14-22(26)24-12-16-10-20(29-4)21(30-5)11-19(16)28-3/h7-11H,6,12-14H2,1-5H3,(H,24,26). The molecule has 0 fully saturated rings. The van der Waals surface area contributed by atoms with E-state index in [0.29, 0.717) is 30.3 Å². The van der Waals surface area contributed by atoms with Crippen LogP contribution in [-0.2, 0) is 17.9 Å². The Morgan fingerprint density at radius 3 is 2.13 bits per heavy atom. The van der Waals surface area contributed by atoms with Gasteiger partial charge in [-0.15, -0.1) is 0 Å². The molecule has 1 N–H and O–H groups in total. The van der Waals surface area contributed by atoms with E-state index in [1.165, 1.54) is 13.2 Å². The lowest BCUT2D eigenvalue weighted by atomic mass is 10.1. The number of methoxy groups -OCH3 is 4. The largest absolute Gasteiger partial charge is 0.496 e. The molecule has 0 heterocycles. The maximum absolute atomic E-state index is 13.9. The van der Waals surface area contributed by atoms with Crippen LogP contribution in [-0.4, -0.2) is 52.3 Å². The molecule has 0 spiro atoms. The summed E-state index contributed by atoms with van der Waals surface area (Å²) >= 11 is 0. The molecular weight excluding hydrogens is 391 g/mol. The van der Waals surface area contributed by atoms with E-state index in [0.717, 1.165) is 11.1 Å². The Labute approximate surface area is 176 Å². The van der Waals surface area contributed by atoms with Crippen LogP contribution in [0.2, 0.25) is 0 Å². The molecule has 8 heteroatoms. The first-order valence-electron chi connectivity index (χ1n) is 9.56. The van der Waals surface area contributed by atoms with Crippen molar-refractivity contribution < 1.29 is 28.1 Å². The summed E-state index contributed by atoms with van der Waals surface area (Å²) in [7, 11) is 6.08. The van der Waals surface area contributed by atoms with Crippen LogP contribution in [0, 0.1) is 5.82 Å². The molecule has 2 aromatic rings. The number of amides is 1. The van der Waals surface area contributed by atoms with Crippen molar-refractivity contribution in [2.24, 2.45) is 0 Å². The zero-order valence-electron chi connectivity index (χ0n) is 18.1. The second kappa shape index (κ2) is 11.3. The number of benzene rings is 2. The van der Waals surface area contributed by atoms with E-state index in [1.807, 2.05) is 11.8 Å². The molecule has 0 saturated heterocycles. The first kappa shape index (κ1) is 23.3. The molecule has 2 aromatic carbocycles. The van der Waals surface area contributed by atoms with Crippen LogP contribution in [0.3, 0.4) is 0 Å². The molecule has 30 heavy (non-hydrogen) atoms. The fourth-order valence-corrected chi connectivity index (χ4v) is 3.03. The Morgan fingerprint density at radius 1 is 0.933 bits per heavy atom. The Kier molecular flexibility index (Phi) is 8.73. The van der Waals surface area contributed by atoms with E-state index in [1.54, 1.807) is 45.6 Å². The van der Waals surface area contributed by atoms with Gasteiger partial charge in [-0.05, 0) is 30.3 Å². The lowest BCUT2D eigenvalue weighted by molar-refractivity contribution is -0.122. The van der Waals surface area contributed by atoms with Gasteiger partial charge in [-0.2, -0.15) is 0 Å². The molecule has 0 aliphatic rings. The summed E-state index contributed by atoms with van der Waals surface area (Å²) < 4.78 is 34.8.